The first-order chi connectivity index (χ1) is 18.9. The van der Waals surface area contributed by atoms with Gasteiger partial charge >= 0.3 is 0 Å². The Balaban J connectivity index is 1.65. The molecule has 2 fully saturated rings. The third-order valence-corrected chi connectivity index (χ3v) is 10.2. The van der Waals surface area contributed by atoms with Gasteiger partial charge in [-0.05, 0) is 42.2 Å². The minimum absolute atomic E-state index is 0.0436. The molecule has 1 amide bonds. The summed E-state index contributed by atoms with van der Waals surface area (Å²) >= 11 is 0. The molecule has 0 spiro atoms. The number of hydrogen-bond donors (Lipinski definition) is 1. The number of aromatic nitrogens is 2. The van der Waals surface area contributed by atoms with E-state index in [4.69, 9.17) is 10.8 Å². The van der Waals surface area contributed by atoms with E-state index in [2.05, 4.69) is 6.07 Å². The van der Waals surface area contributed by atoms with Gasteiger partial charge in [0.15, 0.2) is 9.84 Å². The number of pyridine rings is 1. The number of halogens is 2. The maximum Gasteiger partial charge on any atom is 0.249 e. The monoisotopic (exact) mass is 569 g/mol. The summed E-state index contributed by atoms with van der Waals surface area (Å²) in [6.45, 7) is 4.31. The van der Waals surface area contributed by atoms with Crippen LogP contribution in [-0.4, -0.2) is 54.5 Å². The van der Waals surface area contributed by atoms with Crippen LogP contribution in [-0.2, 0) is 14.6 Å². The summed E-state index contributed by atoms with van der Waals surface area (Å²) in [6.07, 6.45) is 0.476. The molecule has 5 rings (SSSR count). The standard InChI is InChI=1S/C29H33F2N5O3S/c1-19(2)23(17-32)29(27(33)37)18-28(30,31)11-10-22(29)26-25(24-5-3-4-12-36(24)34-26)20-6-8-21(9-7-20)35-13-15-40(38,39)16-14-35/h3-9,12,19,22-23H,10-11,13-16,18H2,1-2H3,(H2,33,37)/t22?,23-,29?/m0/s1. The molecule has 1 aliphatic heterocycles. The molecule has 3 atom stereocenters. The zero-order chi connectivity index (χ0) is 28.9. The van der Waals surface area contributed by atoms with Crippen molar-refractivity contribution < 1.29 is 22.0 Å². The molecule has 1 aliphatic carbocycles. The van der Waals surface area contributed by atoms with E-state index in [-0.39, 0.29) is 23.8 Å². The maximum absolute atomic E-state index is 15.0. The fourth-order valence-electron chi connectivity index (χ4n) is 6.60. The summed E-state index contributed by atoms with van der Waals surface area (Å²) in [5, 5.41) is 15.0. The summed E-state index contributed by atoms with van der Waals surface area (Å²) in [7, 11) is -3.02. The van der Waals surface area contributed by atoms with Gasteiger partial charge in [-0.25, -0.2) is 21.7 Å². The van der Waals surface area contributed by atoms with E-state index in [0.29, 0.717) is 24.3 Å². The average molecular weight is 570 g/mol. The lowest BCUT2D eigenvalue weighted by Crippen LogP contribution is -2.54. The summed E-state index contributed by atoms with van der Waals surface area (Å²) in [5.74, 6) is -6.06. The van der Waals surface area contributed by atoms with Gasteiger partial charge in [-0.1, -0.05) is 32.0 Å². The van der Waals surface area contributed by atoms with E-state index in [1.807, 2.05) is 47.4 Å². The van der Waals surface area contributed by atoms with Gasteiger partial charge in [0, 0.05) is 49.3 Å². The number of alkyl halides is 2. The summed E-state index contributed by atoms with van der Waals surface area (Å²) in [4.78, 5) is 15.3. The second-order valence-electron chi connectivity index (χ2n) is 11.4. The fraction of sp³-hybridized carbons (Fsp3) is 0.483. The molecule has 1 aromatic carbocycles. The number of sulfone groups is 1. The van der Waals surface area contributed by atoms with Crippen LogP contribution < -0.4 is 10.6 Å². The number of carbonyl (C=O) groups excluding carboxylic acids is 1. The first kappa shape index (κ1) is 28.0. The molecule has 11 heteroatoms. The highest BCUT2D eigenvalue weighted by Gasteiger charge is 2.61. The molecule has 3 heterocycles. The largest absolute Gasteiger partial charge is 0.369 e. The Morgan fingerprint density at radius 3 is 2.42 bits per heavy atom. The van der Waals surface area contributed by atoms with Crippen LogP contribution in [0, 0.1) is 28.6 Å². The maximum atomic E-state index is 15.0. The predicted octanol–water partition coefficient (Wildman–Crippen LogP) is 4.41. The molecule has 0 radical (unpaired) electrons. The number of nitrogens with zero attached hydrogens (tertiary/aromatic N) is 4. The Morgan fingerprint density at radius 2 is 1.82 bits per heavy atom. The second-order valence-corrected chi connectivity index (χ2v) is 13.7. The van der Waals surface area contributed by atoms with Crippen LogP contribution in [0.4, 0.5) is 14.5 Å². The number of hydrogen-bond acceptors (Lipinski definition) is 6. The number of rotatable bonds is 6. The summed E-state index contributed by atoms with van der Waals surface area (Å²) in [6, 6.07) is 15.3. The molecular weight excluding hydrogens is 536 g/mol. The van der Waals surface area contributed by atoms with Gasteiger partial charge in [-0.3, -0.25) is 4.79 Å². The number of nitriles is 1. The molecule has 2 aromatic heterocycles. The van der Waals surface area contributed by atoms with E-state index in [1.54, 1.807) is 24.6 Å². The van der Waals surface area contributed by atoms with Crippen molar-refractivity contribution in [3.8, 4) is 17.2 Å². The van der Waals surface area contributed by atoms with E-state index in [1.165, 1.54) is 0 Å². The first-order valence-electron chi connectivity index (χ1n) is 13.5. The number of amides is 1. The first-order valence-corrected chi connectivity index (χ1v) is 15.3. The van der Waals surface area contributed by atoms with E-state index in [9.17, 15) is 18.5 Å². The van der Waals surface area contributed by atoms with Gasteiger partial charge in [0.05, 0.1) is 40.1 Å². The van der Waals surface area contributed by atoms with Crippen molar-refractivity contribution in [2.45, 2.75) is 45.0 Å². The van der Waals surface area contributed by atoms with Gasteiger partial charge in [0.25, 0.3) is 0 Å². The van der Waals surface area contributed by atoms with Crippen molar-refractivity contribution in [2.24, 2.45) is 23.0 Å². The van der Waals surface area contributed by atoms with Crippen molar-refractivity contribution in [1.29, 1.82) is 5.26 Å². The molecule has 2 unspecified atom stereocenters. The third-order valence-electron chi connectivity index (χ3n) is 8.55. The molecular formula is C29H33F2N5O3S. The third kappa shape index (κ3) is 4.83. The van der Waals surface area contributed by atoms with Gasteiger partial charge in [-0.2, -0.15) is 10.4 Å². The van der Waals surface area contributed by atoms with Crippen LogP contribution in [0.25, 0.3) is 16.6 Å². The molecule has 40 heavy (non-hydrogen) atoms. The molecule has 1 saturated carbocycles. The number of nitrogens with two attached hydrogens (primary N) is 1. The molecule has 2 aliphatic rings. The Bertz CT molecular complexity index is 1570. The van der Waals surface area contributed by atoms with E-state index >= 15 is 8.78 Å². The Hall–Kier alpha value is -3.52. The van der Waals surface area contributed by atoms with Gasteiger partial charge in [0.2, 0.25) is 11.8 Å². The normalized spacial score (nSPS) is 25.0. The quantitative estimate of drug-likeness (QED) is 0.470. The highest BCUT2D eigenvalue weighted by atomic mass is 32.2. The van der Waals surface area contributed by atoms with Gasteiger partial charge in [0.1, 0.15) is 0 Å². The van der Waals surface area contributed by atoms with Crippen molar-refractivity contribution in [3.05, 3.63) is 54.4 Å². The Kier molecular flexibility index (Phi) is 7.11. The van der Waals surface area contributed by atoms with Crippen LogP contribution >= 0.6 is 0 Å². The van der Waals surface area contributed by atoms with Crippen molar-refractivity contribution >= 4 is 26.9 Å². The molecule has 8 nitrogen and oxygen atoms in total. The minimum atomic E-state index is -3.14. The van der Waals surface area contributed by atoms with Gasteiger partial charge < -0.3 is 10.6 Å². The number of fused-ring (bicyclic) bond motifs is 1. The number of anilines is 1. The number of benzene rings is 1. The second kappa shape index (κ2) is 10.1. The smallest absolute Gasteiger partial charge is 0.249 e. The molecule has 212 valence electrons. The predicted molar refractivity (Wildman–Crippen MR) is 149 cm³/mol. The van der Waals surface area contributed by atoms with Crippen LogP contribution in [0.1, 0.15) is 44.7 Å². The molecule has 0 bridgehead atoms. The van der Waals surface area contributed by atoms with Crippen LogP contribution in [0.15, 0.2) is 48.7 Å². The van der Waals surface area contributed by atoms with Gasteiger partial charge in [-0.15, -0.1) is 0 Å². The van der Waals surface area contributed by atoms with Crippen LogP contribution in [0.3, 0.4) is 0 Å². The SMILES string of the molecule is CC(C)[C@H](C#N)C1(C(N)=O)CC(F)(F)CCC1c1nn2ccccc2c1-c1ccc(N2CCS(=O)(=O)CC2)cc1. The topological polar surface area (TPSA) is 122 Å². The van der Waals surface area contributed by atoms with Crippen LogP contribution in [0.5, 0.6) is 0 Å². The lowest BCUT2D eigenvalue weighted by atomic mass is 9.55. The molecule has 1 saturated heterocycles. The average Bonchev–Trinajstić information content (AvgIpc) is 3.27. The molecule has 2 N–H and O–H groups in total. The van der Waals surface area contributed by atoms with Crippen molar-refractivity contribution in [2.75, 3.05) is 29.5 Å². The summed E-state index contributed by atoms with van der Waals surface area (Å²) in [5.41, 5.74) is 7.72. The Morgan fingerprint density at radius 1 is 1.15 bits per heavy atom. The van der Waals surface area contributed by atoms with E-state index in [0.717, 1.165) is 16.8 Å². The highest BCUT2D eigenvalue weighted by molar-refractivity contribution is 7.91. The highest BCUT2D eigenvalue weighted by Crippen LogP contribution is 2.58. The molecule has 3 aromatic rings. The summed E-state index contributed by atoms with van der Waals surface area (Å²) < 4.78 is 55.4. The Labute approximate surface area is 232 Å². The van der Waals surface area contributed by atoms with Crippen molar-refractivity contribution in [3.63, 3.8) is 0 Å². The lowest BCUT2D eigenvalue weighted by Gasteiger charge is -2.47. The fourth-order valence-corrected chi connectivity index (χ4v) is 7.80. The number of carbonyl (C=O) groups is 1. The van der Waals surface area contributed by atoms with Crippen molar-refractivity contribution in [1.82, 2.24) is 9.61 Å². The van der Waals surface area contributed by atoms with Crippen LogP contribution in [0.2, 0.25) is 0 Å². The minimum Gasteiger partial charge on any atom is -0.369 e. The number of primary amides is 1. The lowest BCUT2D eigenvalue weighted by molar-refractivity contribution is -0.152. The zero-order valence-electron chi connectivity index (χ0n) is 22.6. The van der Waals surface area contributed by atoms with E-state index < -0.39 is 51.8 Å². The zero-order valence-corrected chi connectivity index (χ0v) is 23.4.